The molecule has 0 saturated carbocycles. The number of aromatic nitrogens is 2. The maximum absolute atomic E-state index is 11.3. The standard InChI is InChI=1S/C12H14N2O4/c1-7(2)11-9(4-10(15)16-3)18-12(14-11)8-5-17-6-13-8/h5-7H,4H2,1-3H3. The lowest BCUT2D eigenvalue weighted by atomic mass is 10.1. The van der Waals surface area contributed by atoms with Crippen molar-refractivity contribution in [1.82, 2.24) is 9.97 Å². The highest BCUT2D eigenvalue weighted by atomic mass is 16.5. The van der Waals surface area contributed by atoms with Crippen LogP contribution in [0.3, 0.4) is 0 Å². The second-order valence-electron chi connectivity index (χ2n) is 4.11. The molecule has 18 heavy (non-hydrogen) atoms. The van der Waals surface area contributed by atoms with Crippen molar-refractivity contribution in [3.63, 3.8) is 0 Å². The van der Waals surface area contributed by atoms with Crippen LogP contribution in [0.2, 0.25) is 0 Å². The molecule has 0 fully saturated rings. The zero-order valence-electron chi connectivity index (χ0n) is 10.5. The van der Waals surface area contributed by atoms with Gasteiger partial charge < -0.3 is 13.6 Å². The summed E-state index contributed by atoms with van der Waals surface area (Å²) in [7, 11) is 1.34. The average molecular weight is 250 g/mol. The fraction of sp³-hybridized carbons (Fsp3) is 0.417. The number of carbonyl (C=O) groups excluding carboxylic acids is 1. The maximum atomic E-state index is 11.3. The predicted molar refractivity (Wildman–Crippen MR) is 61.8 cm³/mol. The third-order valence-electron chi connectivity index (χ3n) is 2.46. The Morgan fingerprint density at radius 2 is 2.28 bits per heavy atom. The summed E-state index contributed by atoms with van der Waals surface area (Å²) in [5.74, 6) is 0.648. The maximum Gasteiger partial charge on any atom is 0.313 e. The van der Waals surface area contributed by atoms with Gasteiger partial charge in [-0.2, -0.15) is 0 Å². The van der Waals surface area contributed by atoms with E-state index < -0.39 is 0 Å². The Balaban J connectivity index is 2.35. The van der Waals surface area contributed by atoms with E-state index in [1.165, 1.54) is 19.8 Å². The van der Waals surface area contributed by atoms with Gasteiger partial charge in [-0.05, 0) is 5.92 Å². The zero-order chi connectivity index (χ0) is 13.1. The molecule has 2 rings (SSSR count). The van der Waals surface area contributed by atoms with Crippen LogP contribution in [0, 0.1) is 0 Å². The molecule has 2 aromatic heterocycles. The lowest BCUT2D eigenvalue weighted by molar-refractivity contribution is -0.140. The van der Waals surface area contributed by atoms with Crippen LogP contribution >= 0.6 is 0 Å². The average Bonchev–Trinajstić information content (AvgIpc) is 2.96. The number of esters is 1. The molecular formula is C12H14N2O4. The molecule has 96 valence electrons. The Labute approximate surface area is 104 Å². The second kappa shape index (κ2) is 5.03. The first kappa shape index (κ1) is 12.3. The summed E-state index contributed by atoms with van der Waals surface area (Å²) >= 11 is 0. The lowest BCUT2D eigenvalue weighted by Gasteiger charge is -2.02. The number of rotatable bonds is 4. The molecule has 0 atom stereocenters. The lowest BCUT2D eigenvalue weighted by Crippen LogP contribution is -2.06. The Hall–Kier alpha value is -2.11. The summed E-state index contributed by atoms with van der Waals surface area (Å²) in [6, 6.07) is 0. The highest BCUT2D eigenvalue weighted by molar-refractivity contribution is 5.72. The Morgan fingerprint density at radius 1 is 1.50 bits per heavy atom. The first-order chi connectivity index (χ1) is 8.61. The molecule has 0 aliphatic carbocycles. The number of hydrogen-bond acceptors (Lipinski definition) is 6. The fourth-order valence-corrected chi connectivity index (χ4v) is 1.57. The minimum atomic E-state index is -0.361. The fourth-order valence-electron chi connectivity index (χ4n) is 1.57. The van der Waals surface area contributed by atoms with Gasteiger partial charge in [-0.1, -0.05) is 13.8 Å². The van der Waals surface area contributed by atoms with Crippen molar-refractivity contribution in [2.45, 2.75) is 26.2 Å². The summed E-state index contributed by atoms with van der Waals surface area (Å²) in [5.41, 5.74) is 1.24. The molecule has 0 aromatic carbocycles. The summed E-state index contributed by atoms with van der Waals surface area (Å²) in [6.07, 6.45) is 2.81. The molecular weight excluding hydrogens is 236 g/mol. The number of nitrogens with zero attached hydrogens (tertiary/aromatic N) is 2. The molecule has 2 aromatic rings. The Bertz CT molecular complexity index is 528. The van der Waals surface area contributed by atoms with Crippen LogP contribution in [0.25, 0.3) is 11.6 Å². The molecule has 2 heterocycles. The smallest absolute Gasteiger partial charge is 0.313 e. The molecule has 0 radical (unpaired) electrons. The van der Waals surface area contributed by atoms with Crippen molar-refractivity contribution >= 4 is 5.97 Å². The quantitative estimate of drug-likeness (QED) is 0.774. The number of ether oxygens (including phenoxy) is 1. The van der Waals surface area contributed by atoms with E-state index in [1.807, 2.05) is 13.8 Å². The van der Waals surface area contributed by atoms with Gasteiger partial charge in [0.05, 0.1) is 12.8 Å². The predicted octanol–water partition coefficient (Wildman–Crippen LogP) is 2.17. The van der Waals surface area contributed by atoms with Gasteiger partial charge in [0.25, 0.3) is 0 Å². The van der Waals surface area contributed by atoms with Crippen LogP contribution in [0.1, 0.15) is 31.2 Å². The van der Waals surface area contributed by atoms with Crippen molar-refractivity contribution in [2.24, 2.45) is 0 Å². The van der Waals surface area contributed by atoms with Gasteiger partial charge in [-0.25, -0.2) is 9.97 Å². The van der Waals surface area contributed by atoms with Gasteiger partial charge in [-0.3, -0.25) is 4.79 Å². The third kappa shape index (κ3) is 2.42. The monoisotopic (exact) mass is 250 g/mol. The third-order valence-corrected chi connectivity index (χ3v) is 2.46. The second-order valence-corrected chi connectivity index (χ2v) is 4.11. The van der Waals surface area contributed by atoms with E-state index in [0.29, 0.717) is 17.3 Å². The molecule has 0 spiro atoms. The van der Waals surface area contributed by atoms with Crippen molar-refractivity contribution in [2.75, 3.05) is 7.11 Å². The van der Waals surface area contributed by atoms with Gasteiger partial charge >= 0.3 is 5.97 Å². The number of hydrogen-bond donors (Lipinski definition) is 0. The van der Waals surface area contributed by atoms with Crippen molar-refractivity contribution in [1.29, 1.82) is 0 Å². The van der Waals surface area contributed by atoms with Gasteiger partial charge in [0, 0.05) is 0 Å². The van der Waals surface area contributed by atoms with Crippen LogP contribution in [0.15, 0.2) is 21.5 Å². The molecule has 0 N–H and O–H groups in total. The van der Waals surface area contributed by atoms with E-state index in [-0.39, 0.29) is 18.3 Å². The Morgan fingerprint density at radius 3 is 2.83 bits per heavy atom. The van der Waals surface area contributed by atoms with E-state index in [0.717, 1.165) is 5.69 Å². The summed E-state index contributed by atoms with van der Waals surface area (Å²) in [6.45, 7) is 3.95. The minimum Gasteiger partial charge on any atom is -0.469 e. The first-order valence-electron chi connectivity index (χ1n) is 5.56. The van der Waals surface area contributed by atoms with Crippen LogP contribution in [-0.2, 0) is 16.0 Å². The van der Waals surface area contributed by atoms with E-state index in [9.17, 15) is 4.79 Å². The van der Waals surface area contributed by atoms with Gasteiger partial charge in [-0.15, -0.1) is 0 Å². The number of oxazole rings is 2. The van der Waals surface area contributed by atoms with Gasteiger partial charge in [0.15, 0.2) is 12.1 Å². The van der Waals surface area contributed by atoms with Crippen molar-refractivity contribution in [3.05, 3.63) is 24.1 Å². The molecule has 0 amide bonds. The van der Waals surface area contributed by atoms with Crippen LogP contribution in [0.5, 0.6) is 0 Å². The van der Waals surface area contributed by atoms with Gasteiger partial charge in [0.2, 0.25) is 5.89 Å². The topological polar surface area (TPSA) is 78.4 Å². The van der Waals surface area contributed by atoms with Gasteiger partial charge in [0.1, 0.15) is 18.4 Å². The molecule has 6 nitrogen and oxygen atoms in total. The summed E-state index contributed by atoms with van der Waals surface area (Å²) in [4.78, 5) is 19.6. The summed E-state index contributed by atoms with van der Waals surface area (Å²) in [5, 5.41) is 0. The van der Waals surface area contributed by atoms with Crippen molar-refractivity contribution in [3.8, 4) is 11.6 Å². The van der Waals surface area contributed by atoms with Crippen LogP contribution in [0.4, 0.5) is 0 Å². The molecule has 0 aliphatic heterocycles. The van der Waals surface area contributed by atoms with E-state index in [4.69, 9.17) is 8.83 Å². The van der Waals surface area contributed by atoms with Crippen LogP contribution < -0.4 is 0 Å². The Kier molecular flexibility index (Phi) is 3.45. The normalized spacial score (nSPS) is 10.9. The minimum absolute atomic E-state index is 0.0643. The zero-order valence-corrected chi connectivity index (χ0v) is 10.5. The molecule has 0 bridgehead atoms. The SMILES string of the molecule is COC(=O)Cc1oc(-c2cocn2)nc1C(C)C. The highest BCUT2D eigenvalue weighted by Crippen LogP contribution is 2.26. The van der Waals surface area contributed by atoms with E-state index >= 15 is 0 Å². The van der Waals surface area contributed by atoms with Crippen LogP contribution in [-0.4, -0.2) is 23.0 Å². The highest BCUT2D eigenvalue weighted by Gasteiger charge is 2.20. The molecule has 6 heteroatoms. The molecule has 0 saturated heterocycles. The largest absolute Gasteiger partial charge is 0.469 e. The first-order valence-corrected chi connectivity index (χ1v) is 5.56. The van der Waals surface area contributed by atoms with E-state index in [2.05, 4.69) is 14.7 Å². The number of carbonyl (C=O) groups is 1. The molecule has 0 aliphatic rings. The molecule has 0 unspecified atom stereocenters. The van der Waals surface area contributed by atoms with E-state index in [1.54, 1.807) is 0 Å². The number of methoxy groups -OCH3 is 1. The summed E-state index contributed by atoms with van der Waals surface area (Å²) < 4.78 is 15.1. The van der Waals surface area contributed by atoms with Crippen molar-refractivity contribution < 1.29 is 18.4 Å².